The molecule has 0 heterocycles. The van der Waals surface area contributed by atoms with Crippen molar-refractivity contribution >= 4 is 24.1 Å². The molecule has 1 aromatic carbocycles. The summed E-state index contributed by atoms with van der Waals surface area (Å²) in [5.74, 6) is -0.946. The second-order valence-corrected chi connectivity index (χ2v) is 11.0. The largest absolute Gasteiger partial charge is 0.466 e. The lowest BCUT2D eigenvalue weighted by Crippen LogP contribution is -2.53. The minimum Gasteiger partial charge on any atom is -0.466 e. The highest BCUT2D eigenvalue weighted by Crippen LogP contribution is 2.14. The van der Waals surface area contributed by atoms with Gasteiger partial charge in [0, 0.05) is 6.54 Å². The van der Waals surface area contributed by atoms with E-state index >= 15 is 0 Å². The molecule has 0 aliphatic carbocycles. The smallest absolute Gasteiger partial charge is 0.408 e. The van der Waals surface area contributed by atoms with Crippen molar-refractivity contribution in [1.29, 1.82) is 0 Å². The Morgan fingerprint density at radius 1 is 0.950 bits per heavy atom. The van der Waals surface area contributed by atoms with Crippen LogP contribution >= 0.6 is 0 Å². The predicted octanol–water partition coefficient (Wildman–Crippen LogP) is 3.82. The van der Waals surface area contributed by atoms with Gasteiger partial charge in [0.1, 0.15) is 18.2 Å². The lowest BCUT2D eigenvalue weighted by molar-refractivity contribution is -0.146. The maximum atomic E-state index is 13.2. The van der Waals surface area contributed by atoms with E-state index in [2.05, 4.69) is 16.0 Å². The Balaban J connectivity index is 2.72. The highest BCUT2D eigenvalue weighted by molar-refractivity contribution is 5.86. The molecule has 0 unspecified atom stereocenters. The summed E-state index contributed by atoms with van der Waals surface area (Å²) in [5, 5.41) is 18.7. The van der Waals surface area contributed by atoms with Gasteiger partial charge in [-0.3, -0.25) is 9.59 Å². The summed E-state index contributed by atoms with van der Waals surface area (Å²) in [6, 6.07) is 7.65. The minimum absolute atomic E-state index is 0.118. The third kappa shape index (κ3) is 15.9. The Kier molecular flexibility index (Phi) is 15.7. The van der Waals surface area contributed by atoms with Crippen molar-refractivity contribution in [3.05, 3.63) is 35.9 Å². The highest BCUT2D eigenvalue weighted by Gasteiger charge is 2.30. The zero-order valence-corrected chi connectivity index (χ0v) is 24.7. The molecule has 11 heteroatoms. The van der Waals surface area contributed by atoms with Gasteiger partial charge < -0.3 is 35.3 Å². The molecule has 0 aliphatic heterocycles. The molecular formula is C29H47N3O8. The molecule has 40 heavy (non-hydrogen) atoms. The number of nitrogens with one attached hydrogen (secondary N) is 3. The number of ether oxygens (including phenoxy) is 3. The van der Waals surface area contributed by atoms with E-state index in [1.165, 1.54) is 0 Å². The lowest BCUT2D eigenvalue weighted by atomic mass is 9.96. The first-order valence-corrected chi connectivity index (χ1v) is 13.9. The van der Waals surface area contributed by atoms with E-state index in [9.17, 15) is 24.3 Å². The van der Waals surface area contributed by atoms with Crippen LogP contribution in [0.25, 0.3) is 0 Å². The molecule has 0 radical (unpaired) electrons. The molecule has 3 amide bonds. The van der Waals surface area contributed by atoms with Crippen LogP contribution in [0.4, 0.5) is 9.59 Å². The van der Waals surface area contributed by atoms with Gasteiger partial charge in [-0.1, -0.05) is 44.2 Å². The standard InChI is InChI=1S/C29H47N3O8/c1-7-38-25(34)18-24(33)23(17-20(2)3)31-26(35)22(32-28(37)40-29(4,5)6)15-11-12-16-30-27(36)39-19-21-13-9-8-10-14-21/h8-10,13-14,20,22-24,33H,7,11-12,15-19H2,1-6H3,(H,30,36)(H,31,35)(H,32,37)/t22-,23-,24-/m0/s1. The fraction of sp³-hybridized carbons (Fsp3) is 0.655. The van der Waals surface area contributed by atoms with E-state index in [1.54, 1.807) is 27.7 Å². The number of hydrogen-bond donors (Lipinski definition) is 4. The van der Waals surface area contributed by atoms with Gasteiger partial charge in [-0.2, -0.15) is 0 Å². The van der Waals surface area contributed by atoms with Crippen molar-refractivity contribution in [3.8, 4) is 0 Å². The average Bonchev–Trinajstić information content (AvgIpc) is 2.85. The monoisotopic (exact) mass is 565 g/mol. The SMILES string of the molecule is CCOC(=O)C[C@H](O)[C@H](CC(C)C)NC(=O)[C@H](CCCCNC(=O)OCc1ccccc1)NC(=O)OC(C)(C)C. The number of benzene rings is 1. The van der Waals surface area contributed by atoms with Crippen molar-refractivity contribution < 1.29 is 38.5 Å². The fourth-order valence-electron chi connectivity index (χ4n) is 3.79. The number of unbranched alkanes of at least 4 members (excludes halogenated alkanes) is 1. The molecule has 0 aromatic heterocycles. The van der Waals surface area contributed by atoms with Crippen LogP contribution in [-0.2, 0) is 30.4 Å². The molecule has 0 bridgehead atoms. The molecule has 0 aliphatic rings. The van der Waals surface area contributed by atoms with Crippen molar-refractivity contribution in [1.82, 2.24) is 16.0 Å². The maximum Gasteiger partial charge on any atom is 0.408 e. The molecule has 11 nitrogen and oxygen atoms in total. The molecular weight excluding hydrogens is 518 g/mol. The van der Waals surface area contributed by atoms with E-state index in [-0.39, 0.29) is 32.0 Å². The van der Waals surface area contributed by atoms with Crippen molar-refractivity contribution in [2.24, 2.45) is 5.92 Å². The van der Waals surface area contributed by atoms with Crippen LogP contribution in [0.5, 0.6) is 0 Å². The summed E-state index contributed by atoms with van der Waals surface area (Å²) in [6.45, 7) is 11.4. The van der Waals surface area contributed by atoms with Gasteiger partial charge in [0.25, 0.3) is 0 Å². The van der Waals surface area contributed by atoms with Crippen LogP contribution in [0.3, 0.4) is 0 Å². The molecule has 1 aromatic rings. The normalized spacial score (nSPS) is 13.5. The summed E-state index contributed by atoms with van der Waals surface area (Å²) in [7, 11) is 0. The van der Waals surface area contributed by atoms with Gasteiger partial charge >= 0.3 is 18.2 Å². The Morgan fingerprint density at radius 2 is 1.62 bits per heavy atom. The number of carbonyl (C=O) groups is 4. The number of hydrogen-bond acceptors (Lipinski definition) is 8. The summed E-state index contributed by atoms with van der Waals surface area (Å²) in [6.07, 6.45) is -1.01. The summed E-state index contributed by atoms with van der Waals surface area (Å²) < 4.78 is 15.4. The van der Waals surface area contributed by atoms with Crippen LogP contribution in [0.2, 0.25) is 0 Å². The fourth-order valence-corrected chi connectivity index (χ4v) is 3.79. The zero-order valence-electron chi connectivity index (χ0n) is 24.7. The molecule has 226 valence electrons. The minimum atomic E-state index is -1.15. The Hall–Kier alpha value is -3.34. The third-order valence-electron chi connectivity index (χ3n) is 5.61. The van der Waals surface area contributed by atoms with Crippen LogP contribution in [-0.4, -0.2) is 66.1 Å². The Labute approximate surface area is 237 Å². The molecule has 3 atom stereocenters. The van der Waals surface area contributed by atoms with Crippen LogP contribution in [0, 0.1) is 5.92 Å². The van der Waals surface area contributed by atoms with Crippen molar-refractivity contribution in [2.45, 2.75) is 104 Å². The molecule has 1 rings (SSSR count). The Morgan fingerprint density at radius 3 is 2.23 bits per heavy atom. The van der Waals surface area contributed by atoms with E-state index in [0.717, 1.165) is 5.56 Å². The first-order chi connectivity index (χ1) is 18.8. The number of rotatable bonds is 16. The van der Waals surface area contributed by atoms with Crippen molar-refractivity contribution in [2.75, 3.05) is 13.2 Å². The van der Waals surface area contributed by atoms with E-state index in [0.29, 0.717) is 25.8 Å². The predicted molar refractivity (Wildman–Crippen MR) is 150 cm³/mol. The number of esters is 1. The quantitative estimate of drug-likeness (QED) is 0.134. The van der Waals surface area contributed by atoms with Crippen LogP contribution < -0.4 is 16.0 Å². The molecule has 0 spiro atoms. The number of aliphatic hydroxyl groups excluding tert-OH is 1. The second kappa shape index (κ2) is 18.1. The third-order valence-corrected chi connectivity index (χ3v) is 5.61. The topological polar surface area (TPSA) is 152 Å². The average molecular weight is 566 g/mol. The second-order valence-electron chi connectivity index (χ2n) is 11.0. The van der Waals surface area contributed by atoms with Gasteiger partial charge in [0.15, 0.2) is 0 Å². The van der Waals surface area contributed by atoms with Crippen molar-refractivity contribution in [3.63, 3.8) is 0 Å². The number of alkyl carbamates (subject to hydrolysis) is 2. The lowest BCUT2D eigenvalue weighted by Gasteiger charge is -2.28. The summed E-state index contributed by atoms with van der Waals surface area (Å²) in [4.78, 5) is 49.6. The summed E-state index contributed by atoms with van der Waals surface area (Å²) in [5.41, 5.74) is 0.119. The molecule has 0 saturated heterocycles. The first kappa shape index (κ1) is 34.7. The van der Waals surface area contributed by atoms with Crippen LogP contribution in [0.15, 0.2) is 30.3 Å². The van der Waals surface area contributed by atoms with Crippen LogP contribution in [0.1, 0.15) is 79.2 Å². The molecule has 0 saturated carbocycles. The van der Waals surface area contributed by atoms with Gasteiger partial charge in [0.2, 0.25) is 5.91 Å². The van der Waals surface area contributed by atoms with E-state index in [4.69, 9.17) is 14.2 Å². The van der Waals surface area contributed by atoms with Gasteiger partial charge in [-0.25, -0.2) is 9.59 Å². The molecule has 4 N–H and O–H groups in total. The first-order valence-electron chi connectivity index (χ1n) is 13.9. The number of amides is 3. The van der Waals surface area contributed by atoms with Gasteiger partial charge in [-0.15, -0.1) is 0 Å². The van der Waals surface area contributed by atoms with Gasteiger partial charge in [-0.05, 0) is 64.9 Å². The van der Waals surface area contributed by atoms with E-state index in [1.807, 2.05) is 44.2 Å². The summed E-state index contributed by atoms with van der Waals surface area (Å²) >= 11 is 0. The molecule has 0 fully saturated rings. The maximum absolute atomic E-state index is 13.2. The Bertz CT molecular complexity index is 918. The zero-order chi connectivity index (χ0) is 30.1. The number of aliphatic hydroxyl groups is 1. The number of carbonyl (C=O) groups excluding carboxylic acids is 4. The van der Waals surface area contributed by atoms with E-state index < -0.39 is 47.9 Å². The van der Waals surface area contributed by atoms with Gasteiger partial charge in [0.05, 0.1) is 25.2 Å². The highest BCUT2D eigenvalue weighted by atomic mass is 16.6.